The summed E-state index contributed by atoms with van der Waals surface area (Å²) in [7, 11) is 0. The molecular formula is C20H28N4O2. The first-order valence-electron chi connectivity index (χ1n) is 9.89. The summed E-state index contributed by atoms with van der Waals surface area (Å²) < 4.78 is 5.60. The lowest BCUT2D eigenvalue weighted by atomic mass is 9.97. The largest absolute Gasteiger partial charge is 0.498 e. The highest BCUT2D eigenvalue weighted by Gasteiger charge is 2.23. The Morgan fingerprint density at radius 3 is 2.54 bits per heavy atom. The summed E-state index contributed by atoms with van der Waals surface area (Å²) in [6.07, 6.45) is 10.4. The van der Waals surface area contributed by atoms with Crippen LogP contribution in [0.25, 0.3) is 0 Å². The maximum Gasteiger partial charge on any atom is 0.255 e. The highest BCUT2D eigenvalue weighted by Crippen LogP contribution is 2.24. The standard InChI is InChI=1S/C20H28N4O2/c1-2-26-16-9-7-15(8-10-16)23-11-13-24(14-12-23)20-21-18-6-4-3-5-17(18)19(25)22-20/h7,9H,2-6,8,10-14H2,1H3,(H,21,22,25). The maximum absolute atomic E-state index is 12.4. The van der Waals surface area contributed by atoms with Gasteiger partial charge in [-0.05, 0) is 51.2 Å². The molecule has 0 spiro atoms. The fraction of sp³-hybridized carbons (Fsp3) is 0.600. The van der Waals surface area contributed by atoms with Gasteiger partial charge < -0.3 is 14.5 Å². The van der Waals surface area contributed by atoms with Crippen LogP contribution in [0.5, 0.6) is 0 Å². The molecule has 4 rings (SSSR count). The van der Waals surface area contributed by atoms with E-state index >= 15 is 0 Å². The molecule has 3 aliphatic rings. The van der Waals surface area contributed by atoms with E-state index in [1.807, 2.05) is 6.92 Å². The molecule has 0 unspecified atom stereocenters. The quantitative estimate of drug-likeness (QED) is 0.897. The van der Waals surface area contributed by atoms with Crippen LogP contribution in [0.2, 0.25) is 0 Å². The van der Waals surface area contributed by atoms with Crippen LogP contribution < -0.4 is 10.5 Å². The van der Waals surface area contributed by atoms with E-state index in [4.69, 9.17) is 9.72 Å². The van der Waals surface area contributed by atoms with E-state index in [0.717, 1.165) is 94.3 Å². The van der Waals surface area contributed by atoms with E-state index in [-0.39, 0.29) is 5.56 Å². The van der Waals surface area contributed by atoms with Crippen LogP contribution in [0.15, 0.2) is 28.4 Å². The third-order valence-electron chi connectivity index (χ3n) is 5.58. The van der Waals surface area contributed by atoms with Crippen molar-refractivity contribution in [3.8, 4) is 0 Å². The number of aromatic amines is 1. The molecule has 140 valence electrons. The van der Waals surface area contributed by atoms with Gasteiger partial charge in [0, 0.05) is 43.9 Å². The second-order valence-electron chi connectivity index (χ2n) is 7.22. The number of H-pyrrole nitrogens is 1. The summed E-state index contributed by atoms with van der Waals surface area (Å²) in [6.45, 7) is 6.47. The second kappa shape index (κ2) is 7.56. The van der Waals surface area contributed by atoms with Gasteiger partial charge in [0.15, 0.2) is 0 Å². The molecule has 1 fully saturated rings. The van der Waals surface area contributed by atoms with E-state index in [1.54, 1.807) is 0 Å². The van der Waals surface area contributed by atoms with Crippen LogP contribution in [0, 0.1) is 0 Å². The summed E-state index contributed by atoms with van der Waals surface area (Å²) in [6, 6.07) is 0. The molecule has 0 saturated carbocycles. The predicted molar refractivity (Wildman–Crippen MR) is 102 cm³/mol. The number of piperazine rings is 1. The lowest BCUT2D eigenvalue weighted by Gasteiger charge is -2.38. The first-order valence-corrected chi connectivity index (χ1v) is 9.89. The van der Waals surface area contributed by atoms with Gasteiger partial charge >= 0.3 is 0 Å². The van der Waals surface area contributed by atoms with Crippen molar-refractivity contribution in [2.75, 3.05) is 37.7 Å². The highest BCUT2D eigenvalue weighted by atomic mass is 16.5. The Morgan fingerprint density at radius 1 is 1.04 bits per heavy atom. The van der Waals surface area contributed by atoms with Gasteiger partial charge in [-0.25, -0.2) is 4.98 Å². The fourth-order valence-corrected chi connectivity index (χ4v) is 4.12. The van der Waals surface area contributed by atoms with E-state index in [9.17, 15) is 4.79 Å². The van der Waals surface area contributed by atoms with Crippen LogP contribution in [0.1, 0.15) is 43.9 Å². The molecule has 1 saturated heterocycles. The van der Waals surface area contributed by atoms with Crippen molar-refractivity contribution in [2.45, 2.75) is 45.4 Å². The molecule has 0 radical (unpaired) electrons. The zero-order valence-corrected chi connectivity index (χ0v) is 15.6. The Bertz CT molecular complexity index is 773. The minimum Gasteiger partial charge on any atom is -0.498 e. The minimum absolute atomic E-state index is 0.0655. The number of hydrogen-bond acceptors (Lipinski definition) is 5. The molecule has 1 aliphatic heterocycles. The molecule has 0 atom stereocenters. The van der Waals surface area contributed by atoms with Crippen LogP contribution in [0.4, 0.5) is 5.95 Å². The number of anilines is 1. The second-order valence-corrected chi connectivity index (χ2v) is 7.22. The topological polar surface area (TPSA) is 61.5 Å². The summed E-state index contributed by atoms with van der Waals surface area (Å²) in [5.41, 5.74) is 3.37. The third-order valence-corrected chi connectivity index (χ3v) is 5.58. The van der Waals surface area contributed by atoms with E-state index in [1.165, 1.54) is 5.70 Å². The summed E-state index contributed by atoms with van der Waals surface area (Å²) in [5.74, 6) is 1.84. The Balaban J connectivity index is 1.41. The Kier molecular flexibility index (Phi) is 5.00. The molecule has 2 heterocycles. The number of ether oxygens (including phenoxy) is 1. The van der Waals surface area contributed by atoms with Crippen LogP contribution in [-0.4, -0.2) is 47.7 Å². The van der Waals surface area contributed by atoms with Crippen molar-refractivity contribution in [1.29, 1.82) is 0 Å². The van der Waals surface area contributed by atoms with Crippen LogP contribution in [-0.2, 0) is 17.6 Å². The first-order chi connectivity index (χ1) is 12.7. The Morgan fingerprint density at radius 2 is 1.81 bits per heavy atom. The van der Waals surface area contributed by atoms with Crippen molar-refractivity contribution in [3.05, 3.63) is 45.2 Å². The van der Waals surface area contributed by atoms with Gasteiger partial charge in [-0.15, -0.1) is 0 Å². The number of rotatable bonds is 4. The van der Waals surface area contributed by atoms with Crippen molar-refractivity contribution in [2.24, 2.45) is 0 Å². The molecule has 6 heteroatoms. The Hall–Kier alpha value is -2.24. The zero-order valence-electron chi connectivity index (χ0n) is 15.6. The maximum atomic E-state index is 12.4. The number of fused-ring (bicyclic) bond motifs is 1. The lowest BCUT2D eigenvalue weighted by Crippen LogP contribution is -2.47. The van der Waals surface area contributed by atoms with Crippen molar-refractivity contribution in [3.63, 3.8) is 0 Å². The van der Waals surface area contributed by atoms with Gasteiger partial charge in [-0.1, -0.05) is 0 Å². The van der Waals surface area contributed by atoms with Crippen molar-refractivity contribution < 1.29 is 4.74 Å². The average Bonchev–Trinajstić information content (AvgIpc) is 2.69. The highest BCUT2D eigenvalue weighted by molar-refractivity contribution is 5.35. The molecular weight excluding hydrogens is 328 g/mol. The minimum atomic E-state index is 0.0655. The lowest BCUT2D eigenvalue weighted by molar-refractivity contribution is 0.212. The average molecular weight is 356 g/mol. The molecule has 1 aromatic heterocycles. The normalized spacial score (nSPS) is 20.3. The molecule has 1 aromatic rings. The predicted octanol–water partition coefficient (Wildman–Crippen LogP) is 2.37. The van der Waals surface area contributed by atoms with Gasteiger partial charge in [0.25, 0.3) is 5.56 Å². The van der Waals surface area contributed by atoms with Crippen molar-refractivity contribution in [1.82, 2.24) is 14.9 Å². The number of allylic oxidation sites excluding steroid dienone is 4. The summed E-state index contributed by atoms with van der Waals surface area (Å²) in [4.78, 5) is 24.8. The third kappa shape index (κ3) is 3.50. The van der Waals surface area contributed by atoms with Crippen LogP contribution in [0.3, 0.4) is 0 Å². The number of nitrogens with one attached hydrogen (secondary N) is 1. The van der Waals surface area contributed by atoms with E-state index in [2.05, 4.69) is 26.9 Å². The fourth-order valence-electron chi connectivity index (χ4n) is 4.12. The van der Waals surface area contributed by atoms with Crippen LogP contribution >= 0.6 is 0 Å². The zero-order chi connectivity index (χ0) is 17.9. The molecule has 0 aromatic carbocycles. The smallest absolute Gasteiger partial charge is 0.255 e. The number of nitrogens with zero attached hydrogens (tertiary/aromatic N) is 3. The molecule has 1 N–H and O–H groups in total. The van der Waals surface area contributed by atoms with E-state index < -0.39 is 0 Å². The van der Waals surface area contributed by atoms with Crippen molar-refractivity contribution >= 4 is 5.95 Å². The summed E-state index contributed by atoms with van der Waals surface area (Å²) in [5, 5.41) is 0. The molecule has 26 heavy (non-hydrogen) atoms. The SMILES string of the molecule is CCOC1=CC=C(N2CCN(c3nc4c(c(=O)[nH]3)CCCC4)CC2)CC1. The molecule has 6 nitrogen and oxygen atoms in total. The number of hydrogen-bond donors (Lipinski definition) is 1. The number of aryl methyl sites for hydroxylation is 1. The van der Waals surface area contributed by atoms with Gasteiger partial charge in [-0.3, -0.25) is 9.78 Å². The molecule has 0 bridgehead atoms. The van der Waals surface area contributed by atoms with Gasteiger partial charge in [-0.2, -0.15) is 0 Å². The molecule has 2 aliphatic carbocycles. The number of aromatic nitrogens is 2. The molecule has 0 amide bonds. The Labute approximate surface area is 154 Å². The monoisotopic (exact) mass is 356 g/mol. The van der Waals surface area contributed by atoms with E-state index in [0.29, 0.717) is 0 Å². The van der Waals surface area contributed by atoms with Gasteiger partial charge in [0.2, 0.25) is 5.95 Å². The van der Waals surface area contributed by atoms with Gasteiger partial charge in [0.1, 0.15) is 0 Å². The first kappa shape index (κ1) is 17.2. The summed E-state index contributed by atoms with van der Waals surface area (Å²) >= 11 is 0. The van der Waals surface area contributed by atoms with Gasteiger partial charge in [0.05, 0.1) is 18.1 Å².